The average Bonchev–Trinajstić information content (AvgIpc) is 3.44. The highest BCUT2D eigenvalue weighted by atomic mass is 15.4. The zero-order chi connectivity index (χ0) is 31.3. The fourth-order valence-electron chi connectivity index (χ4n) is 5.43. The van der Waals surface area contributed by atoms with Gasteiger partial charge in [-0.15, -0.1) is 0 Å². The number of nitrogen functional groups attached to an aromatic ring is 1. The molecule has 13 nitrogen and oxygen atoms in total. The summed E-state index contributed by atoms with van der Waals surface area (Å²) in [6, 6.07) is 20.0. The maximum absolute atomic E-state index is 9.07. The smallest absolute Gasteiger partial charge is 0.234 e. The Kier molecular flexibility index (Phi) is 8.50. The monoisotopic (exact) mass is 601 g/mol. The van der Waals surface area contributed by atoms with Crippen molar-refractivity contribution in [1.82, 2.24) is 39.4 Å². The molecule has 1 fully saturated rings. The molecule has 0 unspecified atom stereocenters. The van der Waals surface area contributed by atoms with Crippen molar-refractivity contribution in [2.24, 2.45) is 11.6 Å². The van der Waals surface area contributed by atoms with E-state index in [0.29, 0.717) is 58.2 Å². The molecule has 0 bridgehead atoms. The zero-order valence-corrected chi connectivity index (χ0v) is 25.0. The second kappa shape index (κ2) is 13.0. The molecular formula is C32H35N13. The summed E-state index contributed by atoms with van der Waals surface area (Å²) in [5.74, 6) is 7.85. The van der Waals surface area contributed by atoms with Gasteiger partial charge in [0, 0.05) is 56.5 Å². The lowest BCUT2D eigenvalue weighted by Crippen LogP contribution is -2.38. The van der Waals surface area contributed by atoms with Crippen LogP contribution >= 0.6 is 0 Å². The molecule has 4 aromatic heterocycles. The standard InChI is InChI=1S/C32H35N13/c1-2-44(36)20-25(34)26-9-10-27-32(40-26)45(31(41-27)24-4-3-14-38-30(24)35)23-7-5-21(6-8-23)19-43-16-12-22(13-17-43)39-28-11-15-37-29(18-33)42-28/h3-11,14-15,20,22H,2,12-13,16-17,19,34,36H2,1H3,(H2,35,38)(H,37,39,42)/b25-20-. The van der Waals surface area contributed by atoms with Gasteiger partial charge >= 0.3 is 0 Å². The number of anilines is 2. The van der Waals surface area contributed by atoms with Crippen LogP contribution in [-0.4, -0.2) is 65.1 Å². The van der Waals surface area contributed by atoms with Crippen LogP contribution in [0.1, 0.15) is 36.8 Å². The van der Waals surface area contributed by atoms with Crippen LogP contribution in [0.15, 0.2) is 73.2 Å². The predicted molar refractivity (Wildman–Crippen MR) is 174 cm³/mol. The average molecular weight is 602 g/mol. The number of benzene rings is 1. The van der Waals surface area contributed by atoms with E-state index >= 15 is 0 Å². The summed E-state index contributed by atoms with van der Waals surface area (Å²) in [5, 5.41) is 14.0. The summed E-state index contributed by atoms with van der Waals surface area (Å²) >= 11 is 0. The Balaban J connectivity index is 1.23. The Labute approximate surface area is 261 Å². The topological polar surface area (TPSA) is 190 Å². The van der Waals surface area contributed by atoms with Gasteiger partial charge in [-0.1, -0.05) is 12.1 Å². The second-order valence-corrected chi connectivity index (χ2v) is 10.9. The molecule has 0 spiro atoms. The van der Waals surface area contributed by atoms with E-state index in [-0.39, 0.29) is 5.82 Å². The van der Waals surface area contributed by atoms with E-state index in [0.717, 1.165) is 38.2 Å². The maximum Gasteiger partial charge on any atom is 0.234 e. The molecule has 6 rings (SSSR count). The molecule has 5 aromatic rings. The molecule has 13 heteroatoms. The van der Waals surface area contributed by atoms with Gasteiger partial charge in [0.2, 0.25) is 5.82 Å². The second-order valence-electron chi connectivity index (χ2n) is 10.9. The minimum absolute atomic E-state index is 0.174. The lowest BCUT2D eigenvalue weighted by Gasteiger charge is -2.32. The number of aromatic nitrogens is 6. The molecule has 1 saturated heterocycles. The molecule has 1 aliphatic rings. The van der Waals surface area contributed by atoms with E-state index in [9.17, 15) is 0 Å². The number of hydrogen-bond donors (Lipinski definition) is 4. The number of nitrogens with two attached hydrogens (primary N) is 3. The third-order valence-corrected chi connectivity index (χ3v) is 7.85. The fraction of sp³-hybridized carbons (Fsp3) is 0.250. The number of nitriles is 1. The lowest BCUT2D eigenvalue weighted by atomic mass is 10.0. The van der Waals surface area contributed by atoms with Gasteiger partial charge in [0.15, 0.2) is 11.5 Å². The first kappa shape index (κ1) is 29.5. The van der Waals surface area contributed by atoms with Gasteiger partial charge in [0.1, 0.15) is 23.2 Å². The minimum Gasteiger partial charge on any atom is -0.396 e. The van der Waals surface area contributed by atoms with Crippen LogP contribution in [0.25, 0.3) is 33.9 Å². The molecule has 45 heavy (non-hydrogen) atoms. The van der Waals surface area contributed by atoms with Crippen LogP contribution in [0.2, 0.25) is 0 Å². The molecule has 1 aliphatic heterocycles. The van der Waals surface area contributed by atoms with Gasteiger partial charge in [0.25, 0.3) is 0 Å². The van der Waals surface area contributed by atoms with Gasteiger partial charge in [-0.3, -0.25) is 9.47 Å². The zero-order valence-electron chi connectivity index (χ0n) is 25.0. The van der Waals surface area contributed by atoms with Crippen LogP contribution in [0.3, 0.4) is 0 Å². The summed E-state index contributed by atoms with van der Waals surface area (Å²) in [5.41, 5.74) is 17.9. The number of pyridine rings is 2. The predicted octanol–water partition coefficient (Wildman–Crippen LogP) is 3.26. The number of nitrogens with zero attached hydrogens (tertiary/aromatic N) is 9. The Hall–Kier alpha value is -5.58. The number of nitrogens with one attached hydrogen (secondary N) is 1. The van der Waals surface area contributed by atoms with E-state index in [1.807, 2.05) is 41.8 Å². The van der Waals surface area contributed by atoms with Crippen molar-refractivity contribution >= 4 is 28.5 Å². The Morgan fingerprint density at radius 2 is 1.84 bits per heavy atom. The van der Waals surface area contributed by atoms with E-state index in [2.05, 4.69) is 49.4 Å². The summed E-state index contributed by atoms with van der Waals surface area (Å²) in [6.07, 6.45) is 6.90. The van der Waals surface area contributed by atoms with Crippen LogP contribution in [-0.2, 0) is 6.54 Å². The number of piperidine rings is 1. The highest BCUT2D eigenvalue weighted by molar-refractivity contribution is 5.84. The lowest BCUT2D eigenvalue weighted by molar-refractivity contribution is 0.211. The summed E-state index contributed by atoms with van der Waals surface area (Å²) in [4.78, 5) is 24.7. The molecule has 0 amide bonds. The van der Waals surface area contributed by atoms with Crippen molar-refractivity contribution in [1.29, 1.82) is 5.26 Å². The molecule has 1 aromatic carbocycles. The molecule has 7 N–H and O–H groups in total. The third kappa shape index (κ3) is 6.52. The Morgan fingerprint density at radius 3 is 2.58 bits per heavy atom. The molecule has 228 valence electrons. The first-order chi connectivity index (χ1) is 21.9. The first-order valence-electron chi connectivity index (χ1n) is 14.8. The SMILES string of the molecule is CCN(N)/C=C(\N)c1ccc2nc(-c3cccnc3N)n(-c3ccc(CN4CCC(Nc5ccnc(C#N)n5)CC4)cc3)c2n1. The normalized spacial score (nSPS) is 14.4. The first-order valence-corrected chi connectivity index (χ1v) is 14.8. The van der Waals surface area contributed by atoms with Gasteiger partial charge < -0.3 is 21.8 Å². The fourth-order valence-corrected chi connectivity index (χ4v) is 5.43. The molecular weight excluding hydrogens is 566 g/mol. The van der Waals surface area contributed by atoms with Crippen LogP contribution in [0.4, 0.5) is 11.6 Å². The van der Waals surface area contributed by atoms with Crippen molar-refractivity contribution in [2.75, 3.05) is 30.7 Å². The third-order valence-electron chi connectivity index (χ3n) is 7.85. The van der Waals surface area contributed by atoms with Gasteiger partial charge in [-0.05, 0) is 67.8 Å². The van der Waals surface area contributed by atoms with Gasteiger partial charge in [0.05, 0.1) is 17.0 Å². The highest BCUT2D eigenvalue weighted by Crippen LogP contribution is 2.31. The summed E-state index contributed by atoms with van der Waals surface area (Å²) < 4.78 is 1.99. The highest BCUT2D eigenvalue weighted by Gasteiger charge is 2.21. The minimum atomic E-state index is 0.174. The number of imidazole rings is 1. The molecule has 5 heterocycles. The molecule has 0 aliphatic carbocycles. The quantitative estimate of drug-likeness (QED) is 0.143. The van der Waals surface area contributed by atoms with E-state index < -0.39 is 0 Å². The Bertz CT molecular complexity index is 1860. The van der Waals surface area contributed by atoms with E-state index in [1.165, 1.54) is 10.6 Å². The number of hydrazine groups is 1. The van der Waals surface area contributed by atoms with Crippen molar-refractivity contribution in [3.63, 3.8) is 0 Å². The van der Waals surface area contributed by atoms with Crippen LogP contribution in [0, 0.1) is 11.3 Å². The molecule has 0 atom stereocenters. The van der Waals surface area contributed by atoms with E-state index in [1.54, 1.807) is 24.7 Å². The van der Waals surface area contributed by atoms with Crippen molar-refractivity contribution in [2.45, 2.75) is 32.4 Å². The van der Waals surface area contributed by atoms with Crippen molar-refractivity contribution in [3.05, 3.63) is 90.3 Å². The summed E-state index contributed by atoms with van der Waals surface area (Å²) in [7, 11) is 0. The largest absolute Gasteiger partial charge is 0.396 e. The van der Waals surface area contributed by atoms with Gasteiger partial charge in [-0.25, -0.2) is 30.8 Å². The maximum atomic E-state index is 9.07. The number of likely N-dealkylation sites (tertiary alicyclic amines) is 1. The van der Waals surface area contributed by atoms with Crippen LogP contribution in [0.5, 0.6) is 0 Å². The van der Waals surface area contributed by atoms with Gasteiger partial charge in [-0.2, -0.15) is 5.26 Å². The van der Waals surface area contributed by atoms with E-state index in [4.69, 9.17) is 32.5 Å². The number of rotatable bonds is 9. The number of hydrogen-bond acceptors (Lipinski definition) is 12. The Morgan fingerprint density at radius 1 is 1.04 bits per heavy atom. The van der Waals surface area contributed by atoms with Crippen molar-refractivity contribution in [3.8, 4) is 23.1 Å². The summed E-state index contributed by atoms with van der Waals surface area (Å²) in [6.45, 7) is 5.29. The van der Waals surface area contributed by atoms with Crippen LogP contribution < -0.4 is 22.6 Å². The van der Waals surface area contributed by atoms with Crippen molar-refractivity contribution < 1.29 is 0 Å². The molecule has 0 radical (unpaired) electrons. The molecule has 0 saturated carbocycles. The number of fused-ring (bicyclic) bond motifs is 1.